The van der Waals surface area contributed by atoms with Crippen LogP contribution in [0.15, 0.2) is 36.4 Å². The Morgan fingerprint density at radius 1 is 1.07 bits per heavy atom. The van der Waals surface area contributed by atoms with E-state index in [2.05, 4.69) is 27.3 Å². The molecular weight excluding hydrogens is 421 g/mol. The number of nitrogens with zero attached hydrogens (tertiary/aromatic N) is 1. The zero-order valence-corrected chi connectivity index (χ0v) is 18.2. The van der Waals surface area contributed by atoms with Crippen LogP contribution < -0.4 is 10.1 Å². The first-order valence-corrected chi connectivity index (χ1v) is 10.6. The number of aromatic amines is 1. The standard InChI is InChI=1S/C23H24ClN3O2.ClH/c24-19-6-5-17(22-18(19)14-25-23(22)28)21-13-15-12-16(4-7-20(15)26-21)29-11-10-27-8-2-1-3-9-27;/h4-7,12-13,26H,1-3,8-11,14H2,(H,25,28);1H. The predicted molar refractivity (Wildman–Crippen MR) is 123 cm³/mol. The van der Waals surface area contributed by atoms with Gasteiger partial charge in [0.1, 0.15) is 12.4 Å². The lowest BCUT2D eigenvalue weighted by atomic mass is 10.0. The monoisotopic (exact) mass is 445 g/mol. The Bertz CT molecular complexity index is 1070. The third kappa shape index (κ3) is 4.02. The quantitative estimate of drug-likeness (QED) is 0.579. The van der Waals surface area contributed by atoms with Gasteiger partial charge in [-0.1, -0.05) is 24.1 Å². The van der Waals surface area contributed by atoms with Gasteiger partial charge in [-0.3, -0.25) is 9.69 Å². The van der Waals surface area contributed by atoms with Gasteiger partial charge in [-0.15, -0.1) is 12.4 Å². The van der Waals surface area contributed by atoms with Gasteiger partial charge >= 0.3 is 0 Å². The molecule has 2 aliphatic rings. The van der Waals surface area contributed by atoms with Crippen LogP contribution >= 0.6 is 24.0 Å². The second kappa shape index (κ2) is 8.88. The summed E-state index contributed by atoms with van der Waals surface area (Å²) in [5.74, 6) is 0.803. The average molecular weight is 446 g/mol. The Balaban J connectivity index is 0.00000218. The van der Waals surface area contributed by atoms with Crippen molar-refractivity contribution in [1.29, 1.82) is 0 Å². The van der Waals surface area contributed by atoms with Crippen LogP contribution in [0.1, 0.15) is 35.2 Å². The lowest BCUT2D eigenvalue weighted by molar-refractivity contribution is 0.0966. The summed E-state index contributed by atoms with van der Waals surface area (Å²) < 4.78 is 6.00. The molecule has 1 amide bonds. The van der Waals surface area contributed by atoms with Crippen LogP contribution in [-0.2, 0) is 6.54 Å². The molecule has 2 N–H and O–H groups in total. The first-order valence-electron chi connectivity index (χ1n) is 10.3. The number of ether oxygens (including phenoxy) is 1. The molecule has 1 aromatic heterocycles. The van der Waals surface area contributed by atoms with Gasteiger partial charge in [-0.05, 0) is 56.3 Å². The lowest BCUT2D eigenvalue weighted by Crippen LogP contribution is -2.33. The second-order valence-corrected chi connectivity index (χ2v) is 8.22. The molecule has 0 radical (unpaired) electrons. The largest absolute Gasteiger partial charge is 0.492 e. The number of benzene rings is 2. The number of aromatic nitrogens is 1. The van der Waals surface area contributed by atoms with Crippen LogP contribution in [0.3, 0.4) is 0 Å². The minimum Gasteiger partial charge on any atom is -0.492 e. The van der Waals surface area contributed by atoms with Gasteiger partial charge in [0.2, 0.25) is 0 Å². The third-order valence-corrected chi connectivity index (χ3v) is 6.27. The van der Waals surface area contributed by atoms with Crippen molar-refractivity contribution in [2.75, 3.05) is 26.2 Å². The summed E-state index contributed by atoms with van der Waals surface area (Å²) in [5, 5.41) is 4.56. The fraction of sp³-hybridized carbons (Fsp3) is 0.348. The topological polar surface area (TPSA) is 57.4 Å². The number of likely N-dealkylation sites (tertiary alicyclic amines) is 1. The van der Waals surface area contributed by atoms with Crippen molar-refractivity contribution in [2.45, 2.75) is 25.8 Å². The third-order valence-electron chi connectivity index (χ3n) is 5.92. The van der Waals surface area contributed by atoms with Crippen molar-refractivity contribution >= 4 is 40.8 Å². The number of hydrogen-bond donors (Lipinski definition) is 2. The van der Waals surface area contributed by atoms with Crippen molar-refractivity contribution in [1.82, 2.24) is 15.2 Å². The first-order chi connectivity index (χ1) is 14.2. The summed E-state index contributed by atoms with van der Waals surface area (Å²) in [7, 11) is 0. The zero-order valence-electron chi connectivity index (χ0n) is 16.7. The Morgan fingerprint density at radius 2 is 1.90 bits per heavy atom. The maximum Gasteiger partial charge on any atom is 0.252 e. The van der Waals surface area contributed by atoms with Crippen LogP contribution in [0.2, 0.25) is 5.02 Å². The molecule has 1 fully saturated rings. The van der Waals surface area contributed by atoms with E-state index < -0.39 is 0 Å². The van der Waals surface area contributed by atoms with E-state index in [1.807, 2.05) is 24.3 Å². The zero-order chi connectivity index (χ0) is 19.8. The molecule has 2 aliphatic heterocycles. The molecule has 5 nitrogen and oxygen atoms in total. The highest BCUT2D eigenvalue weighted by Crippen LogP contribution is 2.35. The fourth-order valence-corrected chi connectivity index (χ4v) is 4.58. The van der Waals surface area contributed by atoms with Gasteiger partial charge in [-0.25, -0.2) is 0 Å². The SMILES string of the molecule is Cl.O=C1NCc2c(Cl)ccc(-c3cc4cc(OCCN5CCCCC5)ccc4[nH]3)c21. The predicted octanol–water partition coefficient (Wildman–Crippen LogP) is 5.02. The molecule has 2 aromatic carbocycles. The molecule has 3 aromatic rings. The Labute approximate surface area is 187 Å². The van der Waals surface area contributed by atoms with Gasteiger partial charge < -0.3 is 15.0 Å². The van der Waals surface area contributed by atoms with Crippen molar-refractivity contribution in [3.63, 3.8) is 0 Å². The van der Waals surface area contributed by atoms with Gasteiger partial charge in [-0.2, -0.15) is 0 Å². The molecule has 0 aliphatic carbocycles. The number of carbonyl (C=O) groups excluding carboxylic acids is 1. The fourth-order valence-electron chi connectivity index (χ4n) is 4.36. The molecule has 0 bridgehead atoms. The minimum absolute atomic E-state index is 0. The smallest absolute Gasteiger partial charge is 0.252 e. The first kappa shape index (κ1) is 21.0. The minimum atomic E-state index is -0.0714. The summed E-state index contributed by atoms with van der Waals surface area (Å²) >= 11 is 6.28. The normalized spacial score (nSPS) is 16.2. The summed E-state index contributed by atoms with van der Waals surface area (Å²) in [6.07, 6.45) is 3.94. The Morgan fingerprint density at radius 3 is 2.73 bits per heavy atom. The maximum atomic E-state index is 12.3. The molecule has 7 heteroatoms. The van der Waals surface area contributed by atoms with Crippen molar-refractivity contribution < 1.29 is 9.53 Å². The molecule has 0 atom stereocenters. The van der Waals surface area contributed by atoms with Crippen LogP contribution in [-0.4, -0.2) is 42.0 Å². The highest BCUT2D eigenvalue weighted by atomic mass is 35.5. The number of halogens is 2. The van der Waals surface area contributed by atoms with E-state index in [-0.39, 0.29) is 18.3 Å². The Hall–Kier alpha value is -2.21. The van der Waals surface area contributed by atoms with Crippen molar-refractivity contribution in [3.8, 4) is 17.0 Å². The van der Waals surface area contributed by atoms with E-state index in [9.17, 15) is 4.79 Å². The van der Waals surface area contributed by atoms with E-state index in [0.29, 0.717) is 23.7 Å². The number of piperidine rings is 1. The van der Waals surface area contributed by atoms with Crippen molar-refractivity contribution in [2.24, 2.45) is 0 Å². The average Bonchev–Trinajstić information content (AvgIpc) is 3.33. The molecule has 0 saturated carbocycles. The van der Waals surface area contributed by atoms with E-state index in [0.717, 1.165) is 40.0 Å². The van der Waals surface area contributed by atoms with Gasteiger partial charge in [0.15, 0.2) is 0 Å². The summed E-state index contributed by atoms with van der Waals surface area (Å²) in [5.41, 5.74) is 4.35. The number of carbonyl (C=O) groups is 1. The molecule has 3 heterocycles. The van der Waals surface area contributed by atoms with Crippen LogP contribution in [0.5, 0.6) is 5.75 Å². The van der Waals surface area contributed by atoms with Gasteiger partial charge in [0.05, 0.1) is 5.56 Å². The van der Waals surface area contributed by atoms with Crippen LogP contribution in [0.25, 0.3) is 22.2 Å². The highest BCUT2D eigenvalue weighted by Gasteiger charge is 2.26. The molecule has 30 heavy (non-hydrogen) atoms. The second-order valence-electron chi connectivity index (χ2n) is 7.81. The molecular formula is C23H25Cl2N3O2. The number of rotatable bonds is 5. The summed E-state index contributed by atoms with van der Waals surface area (Å²) in [4.78, 5) is 18.2. The van der Waals surface area contributed by atoms with E-state index in [4.69, 9.17) is 16.3 Å². The number of hydrogen-bond acceptors (Lipinski definition) is 3. The summed E-state index contributed by atoms with van der Waals surface area (Å²) in [6, 6.07) is 11.9. The number of nitrogens with one attached hydrogen (secondary N) is 2. The van der Waals surface area contributed by atoms with Gasteiger partial charge in [0, 0.05) is 45.8 Å². The lowest BCUT2D eigenvalue weighted by Gasteiger charge is -2.26. The maximum absolute atomic E-state index is 12.3. The summed E-state index contributed by atoms with van der Waals surface area (Å²) in [6.45, 7) is 4.53. The highest BCUT2D eigenvalue weighted by molar-refractivity contribution is 6.32. The number of amides is 1. The molecule has 0 unspecified atom stereocenters. The Kier molecular flexibility index (Phi) is 6.23. The van der Waals surface area contributed by atoms with Crippen molar-refractivity contribution in [3.05, 3.63) is 52.5 Å². The van der Waals surface area contributed by atoms with E-state index in [1.54, 1.807) is 0 Å². The van der Waals surface area contributed by atoms with E-state index in [1.165, 1.54) is 32.4 Å². The van der Waals surface area contributed by atoms with Crippen LogP contribution in [0.4, 0.5) is 0 Å². The number of fused-ring (bicyclic) bond motifs is 2. The molecule has 1 saturated heterocycles. The molecule has 0 spiro atoms. The van der Waals surface area contributed by atoms with Crippen LogP contribution in [0, 0.1) is 0 Å². The number of H-pyrrole nitrogens is 1. The molecule has 5 rings (SSSR count). The van der Waals surface area contributed by atoms with Gasteiger partial charge in [0.25, 0.3) is 5.91 Å². The molecule has 158 valence electrons. The van der Waals surface area contributed by atoms with E-state index >= 15 is 0 Å².